The van der Waals surface area contributed by atoms with Crippen LogP contribution in [0.15, 0.2) is 22.7 Å². The molecule has 0 N–H and O–H groups in total. The lowest BCUT2D eigenvalue weighted by Crippen LogP contribution is -2.46. The van der Waals surface area contributed by atoms with E-state index in [9.17, 15) is 13.2 Å². The van der Waals surface area contributed by atoms with Crippen LogP contribution < -0.4 is 4.90 Å². The van der Waals surface area contributed by atoms with Gasteiger partial charge in [0.25, 0.3) is 0 Å². The molecule has 1 aromatic carbocycles. The molecular formula is C17H18F3N5O2S. The zero-order chi connectivity index (χ0) is 19.7. The SMILES string of the molecule is COCc1noc(CN2CCN(c3nc4cc(C(F)(F)F)ccc4s3)CC2)n1. The van der Waals surface area contributed by atoms with Crippen molar-refractivity contribution in [2.75, 3.05) is 38.2 Å². The number of ether oxygens (including phenoxy) is 1. The van der Waals surface area contributed by atoms with Gasteiger partial charge in [-0.15, -0.1) is 0 Å². The predicted molar refractivity (Wildman–Crippen MR) is 97.1 cm³/mol. The Balaban J connectivity index is 1.39. The van der Waals surface area contributed by atoms with Crippen LogP contribution in [0.5, 0.6) is 0 Å². The van der Waals surface area contributed by atoms with Crippen LogP contribution in [0.2, 0.25) is 0 Å². The van der Waals surface area contributed by atoms with E-state index in [-0.39, 0.29) is 0 Å². The van der Waals surface area contributed by atoms with Crippen molar-refractivity contribution >= 4 is 26.7 Å². The number of anilines is 1. The number of piperazine rings is 1. The standard InChI is InChI=1S/C17H18F3N5O2S/c1-26-10-14-22-15(27-23-14)9-24-4-6-25(7-5-24)16-21-12-8-11(17(18,19)20)2-3-13(12)28-16/h2-3,8H,4-7,9-10H2,1H3. The summed E-state index contributed by atoms with van der Waals surface area (Å²) in [6.07, 6.45) is -4.36. The Morgan fingerprint density at radius 3 is 2.68 bits per heavy atom. The summed E-state index contributed by atoms with van der Waals surface area (Å²) in [5.74, 6) is 1.06. The molecule has 0 atom stereocenters. The second kappa shape index (κ2) is 7.64. The maximum Gasteiger partial charge on any atom is 0.416 e. The van der Waals surface area contributed by atoms with E-state index in [0.717, 1.165) is 48.1 Å². The molecule has 1 aliphatic heterocycles. The number of halogens is 3. The lowest BCUT2D eigenvalue weighted by Gasteiger charge is -2.33. The quantitative estimate of drug-likeness (QED) is 0.636. The van der Waals surface area contributed by atoms with Crippen LogP contribution in [-0.2, 0) is 24.1 Å². The van der Waals surface area contributed by atoms with Crippen molar-refractivity contribution in [2.24, 2.45) is 0 Å². The highest BCUT2D eigenvalue weighted by Crippen LogP contribution is 2.35. The normalized spacial score (nSPS) is 16.2. The third-order valence-electron chi connectivity index (χ3n) is 4.49. The van der Waals surface area contributed by atoms with Crippen molar-refractivity contribution in [1.29, 1.82) is 0 Å². The third kappa shape index (κ3) is 4.10. The van der Waals surface area contributed by atoms with E-state index in [4.69, 9.17) is 9.26 Å². The molecule has 3 heterocycles. The average molecular weight is 413 g/mol. The van der Waals surface area contributed by atoms with Crippen LogP contribution >= 0.6 is 11.3 Å². The number of methoxy groups -OCH3 is 1. The number of alkyl halides is 3. The summed E-state index contributed by atoms with van der Waals surface area (Å²) in [6, 6.07) is 3.70. The molecule has 0 amide bonds. The molecule has 150 valence electrons. The van der Waals surface area contributed by atoms with Crippen LogP contribution in [0.3, 0.4) is 0 Å². The highest BCUT2D eigenvalue weighted by atomic mass is 32.1. The lowest BCUT2D eigenvalue weighted by atomic mass is 10.2. The van der Waals surface area contributed by atoms with Gasteiger partial charge in [-0.05, 0) is 18.2 Å². The van der Waals surface area contributed by atoms with Crippen molar-refractivity contribution in [1.82, 2.24) is 20.0 Å². The minimum Gasteiger partial charge on any atom is -0.377 e. The van der Waals surface area contributed by atoms with E-state index in [0.29, 0.717) is 30.4 Å². The van der Waals surface area contributed by atoms with Gasteiger partial charge in [-0.3, -0.25) is 4.90 Å². The Morgan fingerprint density at radius 1 is 1.18 bits per heavy atom. The molecule has 1 fully saturated rings. The van der Waals surface area contributed by atoms with Gasteiger partial charge in [0.1, 0.15) is 6.61 Å². The van der Waals surface area contributed by atoms with Gasteiger partial charge in [0.15, 0.2) is 11.0 Å². The number of nitrogens with zero attached hydrogens (tertiary/aromatic N) is 5. The Labute approximate surface area is 162 Å². The van der Waals surface area contributed by atoms with Gasteiger partial charge in [-0.1, -0.05) is 16.5 Å². The molecular weight excluding hydrogens is 395 g/mol. The Kier molecular flexibility index (Phi) is 5.21. The maximum absolute atomic E-state index is 12.9. The zero-order valence-electron chi connectivity index (χ0n) is 15.1. The first-order chi connectivity index (χ1) is 13.4. The van der Waals surface area contributed by atoms with E-state index in [1.54, 1.807) is 7.11 Å². The van der Waals surface area contributed by atoms with Gasteiger partial charge < -0.3 is 14.2 Å². The Hall–Kier alpha value is -2.24. The molecule has 3 aromatic rings. The smallest absolute Gasteiger partial charge is 0.377 e. The zero-order valence-corrected chi connectivity index (χ0v) is 15.9. The van der Waals surface area contributed by atoms with E-state index in [1.165, 1.54) is 17.4 Å². The highest BCUT2D eigenvalue weighted by Gasteiger charge is 2.31. The fourth-order valence-corrected chi connectivity index (χ4v) is 4.06. The van der Waals surface area contributed by atoms with Gasteiger partial charge >= 0.3 is 6.18 Å². The van der Waals surface area contributed by atoms with E-state index in [2.05, 4.69) is 24.9 Å². The lowest BCUT2D eigenvalue weighted by molar-refractivity contribution is -0.137. The van der Waals surface area contributed by atoms with Crippen molar-refractivity contribution in [2.45, 2.75) is 19.3 Å². The van der Waals surface area contributed by atoms with Crippen LogP contribution in [0, 0.1) is 0 Å². The summed E-state index contributed by atoms with van der Waals surface area (Å²) >= 11 is 1.41. The minimum absolute atomic E-state index is 0.310. The number of thiazole rings is 1. The van der Waals surface area contributed by atoms with Crippen molar-refractivity contribution < 1.29 is 22.4 Å². The van der Waals surface area contributed by atoms with Crippen LogP contribution in [-0.4, -0.2) is 53.3 Å². The predicted octanol–water partition coefficient (Wildman–Crippen LogP) is 3.17. The van der Waals surface area contributed by atoms with Crippen molar-refractivity contribution in [3.63, 3.8) is 0 Å². The van der Waals surface area contributed by atoms with Gasteiger partial charge in [0.2, 0.25) is 5.89 Å². The first kappa shape index (κ1) is 19.1. The molecule has 0 saturated carbocycles. The largest absolute Gasteiger partial charge is 0.416 e. The summed E-state index contributed by atoms with van der Waals surface area (Å²) < 4.78 is 49.6. The van der Waals surface area contributed by atoms with Crippen LogP contribution in [0.1, 0.15) is 17.3 Å². The van der Waals surface area contributed by atoms with Crippen LogP contribution in [0.4, 0.5) is 18.3 Å². The van der Waals surface area contributed by atoms with Gasteiger partial charge in [-0.25, -0.2) is 4.98 Å². The van der Waals surface area contributed by atoms with E-state index < -0.39 is 11.7 Å². The Bertz CT molecular complexity index is 950. The molecule has 0 unspecified atom stereocenters. The molecule has 0 radical (unpaired) electrons. The number of rotatable bonds is 5. The second-order valence-corrected chi connectivity index (χ2v) is 7.49. The molecule has 28 heavy (non-hydrogen) atoms. The van der Waals surface area contributed by atoms with Gasteiger partial charge in [0, 0.05) is 33.3 Å². The second-order valence-electron chi connectivity index (χ2n) is 6.48. The number of fused-ring (bicyclic) bond motifs is 1. The number of benzene rings is 1. The molecule has 0 aliphatic carbocycles. The minimum atomic E-state index is -4.36. The maximum atomic E-state index is 12.9. The fraction of sp³-hybridized carbons (Fsp3) is 0.471. The summed E-state index contributed by atoms with van der Waals surface area (Å²) in [4.78, 5) is 13.0. The summed E-state index contributed by atoms with van der Waals surface area (Å²) in [5.41, 5.74) is -0.289. The topological polar surface area (TPSA) is 67.5 Å². The fourth-order valence-electron chi connectivity index (χ4n) is 3.06. The summed E-state index contributed by atoms with van der Waals surface area (Å²) in [7, 11) is 1.57. The summed E-state index contributed by atoms with van der Waals surface area (Å²) in [5, 5.41) is 4.59. The third-order valence-corrected chi connectivity index (χ3v) is 5.59. The van der Waals surface area contributed by atoms with Crippen molar-refractivity contribution in [3.05, 3.63) is 35.5 Å². The molecule has 1 saturated heterocycles. The molecule has 0 spiro atoms. The Morgan fingerprint density at radius 2 is 1.96 bits per heavy atom. The number of hydrogen-bond acceptors (Lipinski definition) is 8. The number of aromatic nitrogens is 3. The average Bonchev–Trinajstić information content (AvgIpc) is 3.28. The molecule has 1 aliphatic rings. The summed E-state index contributed by atoms with van der Waals surface area (Å²) in [6.45, 7) is 3.86. The van der Waals surface area contributed by atoms with Gasteiger partial charge in [-0.2, -0.15) is 18.2 Å². The monoisotopic (exact) mass is 413 g/mol. The molecule has 7 nitrogen and oxygen atoms in total. The molecule has 11 heteroatoms. The van der Waals surface area contributed by atoms with E-state index in [1.807, 2.05) is 0 Å². The number of hydrogen-bond donors (Lipinski definition) is 0. The van der Waals surface area contributed by atoms with E-state index >= 15 is 0 Å². The van der Waals surface area contributed by atoms with Crippen LogP contribution in [0.25, 0.3) is 10.2 Å². The van der Waals surface area contributed by atoms with Gasteiger partial charge in [0.05, 0.1) is 22.3 Å². The highest BCUT2D eigenvalue weighted by molar-refractivity contribution is 7.22. The van der Waals surface area contributed by atoms with Crippen molar-refractivity contribution in [3.8, 4) is 0 Å². The first-order valence-corrected chi connectivity index (χ1v) is 9.49. The first-order valence-electron chi connectivity index (χ1n) is 8.68. The molecule has 0 bridgehead atoms. The molecule has 4 rings (SSSR count). The molecule has 2 aromatic heterocycles.